The summed E-state index contributed by atoms with van der Waals surface area (Å²) < 4.78 is 11.4. The lowest BCUT2D eigenvalue weighted by atomic mass is 9.57. The van der Waals surface area contributed by atoms with Crippen LogP contribution < -0.4 is 0 Å². The molecule has 20 heavy (non-hydrogen) atoms. The third-order valence-electron chi connectivity index (χ3n) is 4.68. The molecule has 0 spiro atoms. The van der Waals surface area contributed by atoms with Crippen LogP contribution in [0.5, 0.6) is 0 Å². The number of carbonyl (C=O) groups is 1. The number of fused-ring (bicyclic) bond motifs is 3. The molecule has 0 aromatic rings. The molecule has 2 bridgehead atoms. The summed E-state index contributed by atoms with van der Waals surface area (Å²) in [6.45, 7) is 14.2. The molecular weight excluding hydrogens is 268 g/mol. The van der Waals surface area contributed by atoms with E-state index in [0.29, 0.717) is 0 Å². The van der Waals surface area contributed by atoms with Crippen LogP contribution in [0.4, 0.5) is 0 Å². The van der Waals surface area contributed by atoms with Gasteiger partial charge in [0.25, 0.3) is 0 Å². The summed E-state index contributed by atoms with van der Waals surface area (Å²) in [6, 6.07) is 1.13. The topological polar surface area (TPSA) is 35.5 Å². The summed E-state index contributed by atoms with van der Waals surface area (Å²) >= 11 is 0. The van der Waals surface area contributed by atoms with Crippen LogP contribution in [0.1, 0.15) is 26.2 Å². The largest absolute Gasteiger partial charge is 0.356 e. The summed E-state index contributed by atoms with van der Waals surface area (Å²) in [5.41, 5.74) is 1.04. The van der Waals surface area contributed by atoms with Crippen molar-refractivity contribution in [2.24, 2.45) is 11.3 Å². The molecule has 0 heterocycles. The maximum Gasteiger partial charge on any atom is 0.169 e. The quantitative estimate of drug-likeness (QED) is 0.325. The molecule has 0 aromatic heterocycles. The summed E-state index contributed by atoms with van der Waals surface area (Å²) in [5, 5.41) is 0. The van der Waals surface area contributed by atoms with Crippen LogP contribution in [0.25, 0.3) is 0 Å². The van der Waals surface area contributed by atoms with Crippen LogP contribution in [-0.2, 0) is 14.3 Å². The van der Waals surface area contributed by atoms with Gasteiger partial charge in [0.1, 0.15) is 12.9 Å². The van der Waals surface area contributed by atoms with Crippen molar-refractivity contribution < 1.29 is 14.3 Å². The lowest BCUT2D eigenvalue weighted by molar-refractivity contribution is -0.172. The molecule has 0 radical (unpaired) electrons. The first kappa shape index (κ1) is 15.9. The Labute approximate surface area is 123 Å². The standard InChI is InChI=1S/C16H28O3Si/c1-12-10-16(2)7-6-13(12)14(17)15(16)19-11-18-8-9-20(3,4)5/h13,15H,1,6-11H2,2-5H3/t13-,15+,16-/m1/s1. The van der Waals surface area contributed by atoms with Gasteiger partial charge in [0.2, 0.25) is 0 Å². The molecule has 3 fully saturated rings. The van der Waals surface area contributed by atoms with Gasteiger partial charge in [-0.05, 0) is 25.3 Å². The third kappa shape index (κ3) is 3.41. The van der Waals surface area contributed by atoms with Crippen molar-refractivity contribution in [1.82, 2.24) is 0 Å². The van der Waals surface area contributed by atoms with Crippen molar-refractivity contribution in [2.75, 3.05) is 13.4 Å². The van der Waals surface area contributed by atoms with Crippen molar-refractivity contribution >= 4 is 13.9 Å². The van der Waals surface area contributed by atoms with Crippen molar-refractivity contribution in [3.8, 4) is 0 Å². The molecule has 0 aliphatic heterocycles. The van der Waals surface area contributed by atoms with Gasteiger partial charge in [-0.2, -0.15) is 0 Å². The van der Waals surface area contributed by atoms with Crippen molar-refractivity contribution in [2.45, 2.75) is 58.0 Å². The second kappa shape index (κ2) is 5.74. The number of allylic oxidation sites excluding steroid dienone is 1. The molecule has 0 aromatic carbocycles. The predicted molar refractivity (Wildman–Crippen MR) is 83.4 cm³/mol. The number of ketones is 1. The number of rotatable bonds is 6. The van der Waals surface area contributed by atoms with E-state index in [9.17, 15) is 4.79 Å². The van der Waals surface area contributed by atoms with Gasteiger partial charge < -0.3 is 9.47 Å². The number of Topliss-reactive ketones (excluding diaryl/α,β-unsaturated/α-hetero) is 1. The zero-order chi connectivity index (χ0) is 15.0. The highest BCUT2D eigenvalue weighted by molar-refractivity contribution is 6.76. The van der Waals surface area contributed by atoms with Gasteiger partial charge in [-0.1, -0.05) is 38.7 Å². The smallest absolute Gasteiger partial charge is 0.169 e. The number of carbonyl (C=O) groups excluding carboxylic acids is 1. The molecule has 3 nitrogen and oxygen atoms in total. The first-order chi connectivity index (χ1) is 9.23. The van der Waals surface area contributed by atoms with Crippen LogP contribution >= 0.6 is 0 Å². The van der Waals surface area contributed by atoms with Gasteiger partial charge in [0.15, 0.2) is 5.78 Å². The molecule has 0 N–H and O–H groups in total. The van der Waals surface area contributed by atoms with E-state index in [1.54, 1.807) is 0 Å². The number of hydrogen-bond donors (Lipinski definition) is 0. The van der Waals surface area contributed by atoms with Crippen molar-refractivity contribution in [3.05, 3.63) is 12.2 Å². The second-order valence-corrected chi connectivity index (χ2v) is 13.5. The minimum atomic E-state index is -1.06. The minimum Gasteiger partial charge on any atom is -0.356 e. The fourth-order valence-corrected chi connectivity index (χ4v) is 4.10. The van der Waals surface area contributed by atoms with Gasteiger partial charge in [-0.25, -0.2) is 0 Å². The second-order valence-electron chi connectivity index (χ2n) is 7.87. The molecule has 3 aliphatic rings. The van der Waals surface area contributed by atoms with E-state index in [4.69, 9.17) is 9.47 Å². The molecule has 114 valence electrons. The molecular formula is C16H28O3Si. The highest BCUT2D eigenvalue weighted by Crippen LogP contribution is 2.51. The van der Waals surface area contributed by atoms with Crippen LogP contribution in [-0.4, -0.2) is 33.4 Å². The van der Waals surface area contributed by atoms with Gasteiger partial charge in [0.05, 0.1) is 0 Å². The zero-order valence-corrected chi connectivity index (χ0v) is 14.3. The molecule has 3 atom stereocenters. The van der Waals surface area contributed by atoms with Crippen molar-refractivity contribution in [1.29, 1.82) is 0 Å². The molecule has 0 saturated heterocycles. The molecule has 3 saturated carbocycles. The fourth-order valence-electron chi connectivity index (χ4n) is 3.34. The van der Waals surface area contributed by atoms with Crippen LogP contribution in [0, 0.1) is 11.3 Å². The molecule has 3 aliphatic carbocycles. The number of hydrogen-bond acceptors (Lipinski definition) is 3. The van der Waals surface area contributed by atoms with Crippen molar-refractivity contribution in [3.63, 3.8) is 0 Å². The minimum absolute atomic E-state index is 0.0313. The summed E-state index contributed by atoms with van der Waals surface area (Å²) in [6.07, 6.45) is 2.63. The monoisotopic (exact) mass is 296 g/mol. The zero-order valence-electron chi connectivity index (χ0n) is 13.3. The molecule has 0 amide bonds. The van der Waals surface area contributed by atoms with Gasteiger partial charge in [0, 0.05) is 26.0 Å². The fraction of sp³-hybridized carbons (Fsp3) is 0.812. The van der Waals surface area contributed by atoms with Gasteiger partial charge >= 0.3 is 0 Å². The maximum absolute atomic E-state index is 12.4. The maximum atomic E-state index is 12.4. The average Bonchev–Trinajstić information content (AvgIpc) is 2.30. The van der Waals surface area contributed by atoms with Gasteiger partial charge in [-0.3, -0.25) is 4.79 Å². The Hall–Kier alpha value is -0.453. The van der Waals surface area contributed by atoms with Crippen LogP contribution in [0.2, 0.25) is 25.7 Å². The van der Waals surface area contributed by atoms with E-state index in [0.717, 1.165) is 37.5 Å². The SMILES string of the molecule is C=C1C[C@@]2(C)CC[C@H]1C(=O)[C@@H]2OCOCC[Si](C)(C)C. The Morgan fingerprint density at radius 1 is 1.40 bits per heavy atom. The van der Waals surface area contributed by atoms with E-state index < -0.39 is 8.07 Å². The molecule has 4 heteroatoms. The van der Waals surface area contributed by atoms with Gasteiger partial charge in [-0.15, -0.1) is 0 Å². The van der Waals surface area contributed by atoms with E-state index in [-0.39, 0.29) is 30.0 Å². The van der Waals surface area contributed by atoms with E-state index in [2.05, 4.69) is 33.1 Å². The predicted octanol–water partition coefficient (Wildman–Crippen LogP) is 3.63. The summed E-state index contributed by atoms with van der Waals surface area (Å²) in [4.78, 5) is 12.4. The Balaban J connectivity index is 1.81. The Kier molecular flexibility index (Phi) is 4.57. The first-order valence-corrected chi connectivity index (χ1v) is 11.3. The Morgan fingerprint density at radius 3 is 2.65 bits per heavy atom. The van der Waals surface area contributed by atoms with E-state index >= 15 is 0 Å². The highest BCUT2D eigenvalue weighted by Gasteiger charge is 2.52. The molecule has 0 unspecified atom stereocenters. The lowest BCUT2D eigenvalue weighted by Gasteiger charge is -2.49. The first-order valence-electron chi connectivity index (χ1n) is 7.64. The van der Waals surface area contributed by atoms with Crippen LogP contribution in [0.15, 0.2) is 12.2 Å². The summed E-state index contributed by atoms with van der Waals surface area (Å²) in [7, 11) is -1.06. The highest BCUT2D eigenvalue weighted by atomic mass is 28.3. The lowest BCUT2D eigenvalue weighted by Crippen LogP contribution is -2.53. The van der Waals surface area contributed by atoms with E-state index in [1.807, 2.05) is 0 Å². The summed E-state index contributed by atoms with van der Waals surface area (Å²) in [5.74, 6) is 0.257. The Morgan fingerprint density at radius 2 is 2.10 bits per heavy atom. The van der Waals surface area contributed by atoms with E-state index in [1.165, 1.54) is 0 Å². The average molecular weight is 296 g/mol. The van der Waals surface area contributed by atoms with Crippen LogP contribution in [0.3, 0.4) is 0 Å². The molecule has 3 rings (SSSR count). The number of ether oxygens (including phenoxy) is 2. The third-order valence-corrected chi connectivity index (χ3v) is 6.38. The Bertz CT molecular complexity index is 399. The normalized spacial score (nSPS) is 33.8.